The van der Waals surface area contributed by atoms with E-state index in [1.807, 2.05) is 7.05 Å². The lowest BCUT2D eigenvalue weighted by Crippen LogP contribution is -2.17. The van der Waals surface area contributed by atoms with Gasteiger partial charge in [0.15, 0.2) is 0 Å². The molecule has 19 heavy (non-hydrogen) atoms. The average molecular weight is 318 g/mol. The van der Waals surface area contributed by atoms with Gasteiger partial charge < -0.3 is 5.32 Å². The van der Waals surface area contributed by atoms with E-state index in [-0.39, 0.29) is 6.04 Å². The molecule has 1 atom stereocenters. The molecule has 2 rings (SSSR count). The Bertz CT molecular complexity index is 546. The molecule has 2 heteroatoms. The number of benzene rings is 2. The first-order valence-electron chi connectivity index (χ1n) is 6.68. The van der Waals surface area contributed by atoms with Gasteiger partial charge in [-0.25, -0.2) is 0 Å². The van der Waals surface area contributed by atoms with Gasteiger partial charge in [-0.1, -0.05) is 59.3 Å². The van der Waals surface area contributed by atoms with E-state index in [9.17, 15) is 0 Å². The van der Waals surface area contributed by atoms with Gasteiger partial charge in [0.25, 0.3) is 0 Å². The van der Waals surface area contributed by atoms with Gasteiger partial charge in [-0.3, -0.25) is 0 Å². The Morgan fingerprint density at radius 3 is 2.21 bits per heavy atom. The highest BCUT2D eigenvalue weighted by Crippen LogP contribution is 2.26. The highest BCUT2D eigenvalue weighted by molar-refractivity contribution is 9.10. The Kier molecular flexibility index (Phi) is 4.78. The first kappa shape index (κ1) is 14.3. The molecule has 0 aromatic heterocycles. The second-order valence-electron chi connectivity index (χ2n) is 4.83. The molecule has 0 aliphatic carbocycles. The summed E-state index contributed by atoms with van der Waals surface area (Å²) in [6.07, 6.45) is 1.08. The molecule has 0 bridgehead atoms. The van der Waals surface area contributed by atoms with Crippen LogP contribution in [0.1, 0.15) is 35.2 Å². The minimum Gasteiger partial charge on any atom is -0.309 e. The van der Waals surface area contributed by atoms with Crippen molar-refractivity contribution in [2.75, 3.05) is 7.05 Å². The normalized spacial score (nSPS) is 12.4. The van der Waals surface area contributed by atoms with Crippen LogP contribution in [0, 0.1) is 6.92 Å². The van der Waals surface area contributed by atoms with Crippen molar-refractivity contribution in [1.82, 2.24) is 5.32 Å². The van der Waals surface area contributed by atoms with E-state index in [4.69, 9.17) is 0 Å². The zero-order valence-corrected chi connectivity index (χ0v) is 13.3. The van der Waals surface area contributed by atoms with Crippen molar-refractivity contribution in [2.45, 2.75) is 26.3 Å². The lowest BCUT2D eigenvalue weighted by atomic mass is 9.97. The second kappa shape index (κ2) is 6.36. The van der Waals surface area contributed by atoms with Crippen LogP contribution in [0.15, 0.2) is 46.9 Å². The van der Waals surface area contributed by atoms with Crippen LogP contribution in [-0.4, -0.2) is 7.05 Å². The largest absolute Gasteiger partial charge is 0.309 e. The van der Waals surface area contributed by atoms with Gasteiger partial charge in [-0.15, -0.1) is 0 Å². The van der Waals surface area contributed by atoms with Gasteiger partial charge in [0.05, 0.1) is 6.04 Å². The lowest BCUT2D eigenvalue weighted by molar-refractivity contribution is 0.691. The molecule has 2 aromatic carbocycles. The number of aryl methyl sites for hydroxylation is 2. The molecule has 0 saturated carbocycles. The van der Waals surface area contributed by atoms with Crippen molar-refractivity contribution in [3.63, 3.8) is 0 Å². The molecule has 0 fully saturated rings. The predicted octanol–water partition coefficient (Wildman–Crippen LogP) is 4.63. The van der Waals surface area contributed by atoms with E-state index in [0.29, 0.717) is 0 Å². The van der Waals surface area contributed by atoms with Crippen LogP contribution in [0.3, 0.4) is 0 Å². The SMILES string of the molecule is CCc1ccc(C(NC)c2ccc(C)c(Br)c2)cc1. The summed E-state index contributed by atoms with van der Waals surface area (Å²) in [5, 5.41) is 3.40. The van der Waals surface area contributed by atoms with E-state index in [0.717, 1.165) is 10.9 Å². The molecule has 1 N–H and O–H groups in total. The second-order valence-corrected chi connectivity index (χ2v) is 5.68. The summed E-state index contributed by atoms with van der Waals surface area (Å²) in [6.45, 7) is 4.29. The Labute approximate surface area is 124 Å². The van der Waals surface area contributed by atoms with Crippen LogP contribution >= 0.6 is 15.9 Å². The van der Waals surface area contributed by atoms with Gasteiger partial charge in [-0.2, -0.15) is 0 Å². The third kappa shape index (κ3) is 3.26. The van der Waals surface area contributed by atoms with Crippen LogP contribution in [0.5, 0.6) is 0 Å². The van der Waals surface area contributed by atoms with Gasteiger partial charge in [0.1, 0.15) is 0 Å². The Morgan fingerprint density at radius 1 is 1.05 bits per heavy atom. The van der Waals surface area contributed by atoms with Crippen LogP contribution < -0.4 is 5.32 Å². The summed E-state index contributed by atoms with van der Waals surface area (Å²) in [4.78, 5) is 0. The van der Waals surface area contributed by atoms with E-state index in [1.165, 1.54) is 22.3 Å². The van der Waals surface area contributed by atoms with E-state index in [1.54, 1.807) is 0 Å². The minimum atomic E-state index is 0.239. The van der Waals surface area contributed by atoms with E-state index < -0.39 is 0 Å². The predicted molar refractivity (Wildman–Crippen MR) is 85.6 cm³/mol. The number of halogens is 1. The maximum absolute atomic E-state index is 3.61. The molecule has 0 amide bonds. The molecule has 0 radical (unpaired) electrons. The quantitative estimate of drug-likeness (QED) is 0.867. The first-order chi connectivity index (χ1) is 9.15. The zero-order chi connectivity index (χ0) is 13.8. The van der Waals surface area contributed by atoms with E-state index >= 15 is 0 Å². The number of nitrogens with one attached hydrogen (secondary N) is 1. The topological polar surface area (TPSA) is 12.0 Å². The van der Waals surface area contributed by atoms with Crippen LogP contribution in [-0.2, 0) is 6.42 Å². The third-order valence-corrected chi connectivity index (χ3v) is 4.39. The van der Waals surface area contributed by atoms with Crippen molar-refractivity contribution in [2.24, 2.45) is 0 Å². The zero-order valence-electron chi connectivity index (χ0n) is 11.7. The molecular formula is C17H20BrN. The monoisotopic (exact) mass is 317 g/mol. The summed E-state index contributed by atoms with van der Waals surface area (Å²) in [7, 11) is 2.01. The standard InChI is InChI=1S/C17H20BrN/c1-4-13-6-9-14(10-7-13)17(19-3)15-8-5-12(2)16(18)11-15/h5-11,17,19H,4H2,1-3H3. The molecule has 1 unspecified atom stereocenters. The van der Waals surface area contributed by atoms with Crippen molar-refractivity contribution in [3.8, 4) is 0 Å². The number of hydrogen-bond donors (Lipinski definition) is 1. The summed E-state index contributed by atoms with van der Waals surface area (Å²) < 4.78 is 1.16. The summed E-state index contributed by atoms with van der Waals surface area (Å²) >= 11 is 3.61. The van der Waals surface area contributed by atoms with E-state index in [2.05, 4.69) is 77.6 Å². The fourth-order valence-electron chi connectivity index (χ4n) is 2.26. The maximum atomic E-state index is 3.61. The molecule has 0 heterocycles. The van der Waals surface area contributed by atoms with Gasteiger partial charge in [0.2, 0.25) is 0 Å². The van der Waals surface area contributed by atoms with Crippen molar-refractivity contribution in [1.29, 1.82) is 0 Å². The number of hydrogen-bond acceptors (Lipinski definition) is 1. The van der Waals surface area contributed by atoms with Crippen LogP contribution in [0.4, 0.5) is 0 Å². The lowest BCUT2D eigenvalue weighted by Gasteiger charge is -2.18. The maximum Gasteiger partial charge on any atom is 0.0574 e. The third-order valence-electron chi connectivity index (χ3n) is 3.54. The Morgan fingerprint density at radius 2 is 1.68 bits per heavy atom. The fourth-order valence-corrected chi connectivity index (χ4v) is 2.66. The summed E-state index contributed by atoms with van der Waals surface area (Å²) in [5.74, 6) is 0. The smallest absolute Gasteiger partial charge is 0.0574 e. The molecule has 2 aromatic rings. The summed E-state index contributed by atoms with van der Waals surface area (Å²) in [5.41, 5.74) is 5.23. The molecular weight excluding hydrogens is 298 g/mol. The van der Waals surface area contributed by atoms with Crippen molar-refractivity contribution < 1.29 is 0 Å². The van der Waals surface area contributed by atoms with Gasteiger partial charge in [-0.05, 0) is 48.7 Å². The minimum absolute atomic E-state index is 0.239. The van der Waals surface area contributed by atoms with Crippen molar-refractivity contribution in [3.05, 3.63) is 69.2 Å². The van der Waals surface area contributed by atoms with Crippen molar-refractivity contribution >= 4 is 15.9 Å². The summed E-state index contributed by atoms with van der Waals surface area (Å²) in [6, 6.07) is 15.6. The fraction of sp³-hybridized carbons (Fsp3) is 0.294. The molecule has 0 aliphatic heterocycles. The molecule has 1 nitrogen and oxygen atoms in total. The molecule has 0 aliphatic rings. The number of rotatable bonds is 4. The van der Waals surface area contributed by atoms with Gasteiger partial charge >= 0.3 is 0 Å². The molecule has 0 saturated heterocycles. The molecule has 100 valence electrons. The molecule has 0 spiro atoms. The van der Waals surface area contributed by atoms with Gasteiger partial charge in [0, 0.05) is 4.47 Å². The van der Waals surface area contributed by atoms with Crippen LogP contribution in [0.2, 0.25) is 0 Å². The Hall–Kier alpha value is -1.12. The first-order valence-corrected chi connectivity index (χ1v) is 7.47. The highest BCUT2D eigenvalue weighted by Gasteiger charge is 2.12. The Balaban J connectivity index is 2.34. The van der Waals surface area contributed by atoms with Crippen LogP contribution in [0.25, 0.3) is 0 Å². The highest BCUT2D eigenvalue weighted by atomic mass is 79.9. The average Bonchev–Trinajstić information content (AvgIpc) is 2.44.